The number of aryl methyl sites for hydroxylation is 1. The first-order valence-electron chi connectivity index (χ1n) is 8.81. The van der Waals surface area contributed by atoms with Gasteiger partial charge in [-0.25, -0.2) is 15.0 Å². The standard InChI is InChI=1S/C19H19F2N7O2/c1-10-5-17(27-18(24-10)19(3,20)21)26-14-7-16(25-11(2)29)22-9-13(14)15-6-12(30-4)8-23-28-15/h5-9H,1-4H3,(H2,22,24,25,26,27,29). The van der Waals surface area contributed by atoms with Gasteiger partial charge >= 0.3 is 5.92 Å². The third-order valence-electron chi connectivity index (χ3n) is 3.86. The lowest BCUT2D eigenvalue weighted by molar-refractivity contribution is -0.114. The van der Waals surface area contributed by atoms with Gasteiger partial charge in [-0.2, -0.15) is 19.0 Å². The lowest BCUT2D eigenvalue weighted by atomic mass is 10.1. The average Bonchev–Trinajstić information content (AvgIpc) is 2.66. The molecule has 0 aliphatic heterocycles. The Morgan fingerprint density at radius 1 is 1.13 bits per heavy atom. The maximum Gasteiger partial charge on any atom is 0.303 e. The van der Waals surface area contributed by atoms with E-state index in [1.54, 1.807) is 19.1 Å². The highest BCUT2D eigenvalue weighted by molar-refractivity contribution is 5.89. The first kappa shape index (κ1) is 21.0. The number of amides is 1. The van der Waals surface area contributed by atoms with Crippen LogP contribution in [0.1, 0.15) is 25.4 Å². The van der Waals surface area contributed by atoms with Crippen LogP contribution in [0.4, 0.5) is 26.1 Å². The molecule has 2 N–H and O–H groups in total. The Morgan fingerprint density at radius 2 is 1.90 bits per heavy atom. The van der Waals surface area contributed by atoms with Gasteiger partial charge < -0.3 is 15.4 Å². The Labute approximate surface area is 171 Å². The lowest BCUT2D eigenvalue weighted by Crippen LogP contribution is -2.14. The van der Waals surface area contributed by atoms with E-state index in [2.05, 4.69) is 35.8 Å². The van der Waals surface area contributed by atoms with Crippen molar-refractivity contribution in [1.82, 2.24) is 25.1 Å². The maximum absolute atomic E-state index is 13.7. The summed E-state index contributed by atoms with van der Waals surface area (Å²) in [5, 5.41) is 13.5. The number of pyridine rings is 1. The molecular formula is C19H19F2N7O2. The molecule has 0 aliphatic carbocycles. The van der Waals surface area contributed by atoms with Crippen molar-refractivity contribution in [2.75, 3.05) is 17.7 Å². The second kappa shape index (κ2) is 8.31. The van der Waals surface area contributed by atoms with Crippen molar-refractivity contribution in [1.29, 1.82) is 0 Å². The molecule has 0 radical (unpaired) electrons. The van der Waals surface area contributed by atoms with E-state index in [-0.39, 0.29) is 17.5 Å². The third-order valence-corrected chi connectivity index (χ3v) is 3.86. The summed E-state index contributed by atoms with van der Waals surface area (Å²) in [6.07, 6.45) is 2.92. The number of rotatable bonds is 6. The number of nitrogens with zero attached hydrogens (tertiary/aromatic N) is 5. The fraction of sp³-hybridized carbons (Fsp3) is 0.263. The molecule has 156 valence electrons. The van der Waals surface area contributed by atoms with Crippen molar-refractivity contribution < 1.29 is 18.3 Å². The van der Waals surface area contributed by atoms with Crippen LogP contribution < -0.4 is 15.4 Å². The summed E-state index contributed by atoms with van der Waals surface area (Å²) in [5.41, 5.74) is 1.70. The molecule has 3 aromatic rings. The Kier molecular flexibility index (Phi) is 5.81. The molecule has 0 unspecified atom stereocenters. The highest BCUT2D eigenvalue weighted by Crippen LogP contribution is 2.32. The van der Waals surface area contributed by atoms with E-state index in [1.165, 1.54) is 32.5 Å². The molecule has 1 amide bonds. The minimum atomic E-state index is -3.21. The van der Waals surface area contributed by atoms with Crippen LogP contribution in [-0.4, -0.2) is 38.2 Å². The molecule has 3 heterocycles. The molecule has 11 heteroatoms. The number of nitrogens with one attached hydrogen (secondary N) is 2. The van der Waals surface area contributed by atoms with Crippen molar-refractivity contribution >= 4 is 23.2 Å². The number of anilines is 3. The Morgan fingerprint density at radius 3 is 2.57 bits per heavy atom. The van der Waals surface area contributed by atoms with Crippen LogP contribution in [0.15, 0.2) is 30.6 Å². The van der Waals surface area contributed by atoms with Crippen molar-refractivity contribution in [2.24, 2.45) is 0 Å². The number of methoxy groups -OCH3 is 1. The van der Waals surface area contributed by atoms with Crippen molar-refractivity contribution in [3.05, 3.63) is 42.1 Å². The van der Waals surface area contributed by atoms with Gasteiger partial charge in [0.15, 0.2) is 0 Å². The second-order valence-electron chi connectivity index (χ2n) is 6.51. The number of carbonyl (C=O) groups is 1. The zero-order valence-electron chi connectivity index (χ0n) is 16.7. The number of halogens is 2. The summed E-state index contributed by atoms with van der Waals surface area (Å²) >= 11 is 0. The van der Waals surface area contributed by atoms with Gasteiger partial charge in [0.25, 0.3) is 0 Å². The Hall–Kier alpha value is -3.76. The molecular weight excluding hydrogens is 396 g/mol. The monoisotopic (exact) mass is 415 g/mol. The summed E-state index contributed by atoms with van der Waals surface area (Å²) in [6, 6.07) is 4.71. The zero-order valence-corrected chi connectivity index (χ0v) is 16.7. The molecule has 0 fully saturated rings. The minimum absolute atomic E-state index is 0.149. The average molecular weight is 415 g/mol. The van der Waals surface area contributed by atoms with Gasteiger partial charge in [0.2, 0.25) is 11.7 Å². The molecule has 3 rings (SSSR count). The quantitative estimate of drug-likeness (QED) is 0.629. The van der Waals surface area contributed by atoms with Gasteiger partial charge in [0.05, 0.1) is 19.0 Å². The van der Waals surface area contributed by atoms with Gasteiger partial charge in [-0.1, -0.05) is 0 Å². The van der Waals surface area contributed by atoms with E-state index >= 15 is 0 Å². The highest BCUT2D eigenvalue weighted by atomic mass is 19.3. The van der Waals surface area contributed by atoms with Crippen LogP contribution in [0.25, 0.3) is 11.3 Å². The molecule has 0 spiro atoms. The summed E-state index contributed by atoms with van der Waals surface area (Å²) in [6.45, 7) is 3.66. The van der Waals surface area contributed by atoms with Crippen LogP contribution >= 0.6 is 0 Å². The van der Waals surface area contributed by atoms with Gasteiger partial charge in [-0.3, -0.25) is 4.79 Å². The summed E-state index contributed by atoms with van der Waals surface area (Å²) in [5.74, 6) is -3.24. The van der Waals surface area contributed by atoms with Gasteiger partial charge in [-0.15, -0.1) is 0 Å². The fourth-order valence-corrected chi connectivity index (χ4v) is 2.57. The second-order valence-corrected chi connectivity index (χ2v) is 6.51. The molecule has 9 nitrogen and oxygen atoms in total. The maximum atomic E-state index is 13.7. The van der Waals surface area contributed by atoms with Crippen molar-refractivity contribution in [3.8, 4) is 17.0 Å². The first-order valence-corrected chi connectivity index (χ1v) is 8.81. The van der Waals surface area contributed by atoms with Crippen LogP contribution in [0.2, 0.25) is 0 Å². The molecule has 0 atom stereocenters. The van der Waals surface area contributed by atoms with Gasteiger partial charge in [-0.05, 0) is 6.92 Å². The third kappa shape index (κ3) is 4.99. The van der Waals surface area contributed by atoms with Crippen LogP contribution in [0.5, 0.6) is 5.75 Å². The Bertz CT molecular complexity index is 1090. The lowest BCUT2D eigenvalue weighted by Gasteiger charge is -2.15. The molecule has 0 bridgehead atoms. The molecule has 30 heavy (non-hydrogen) atoms. The highest BCUT2D eigenvalue weighted by Gasteiger charge is 2.29. The minimum Gasteiger partial charge on any atom is -0.495 e. The normalized spacial score (nSPS) is 11.1. The number of alkyl halides is 2. The number of hydrogen-bond donors (Lipinski definition) is 2. The van der Waals surface area contributed by atoms with Crippen LogP contribution in [0.3, 0.4) is 0 Å². The molecule has 0 aromatic carbocycles. The van der Waals surface area contributed by atoms with E-state index in [0.29, 0.717) is 28.4 Å². The number of aromatic nitrogens is 5. The van der Waals surface area contributed by atoms with Crippen LogP contribution in [0, 0.1) is 6.92 Å². The number of hydrogen-bond acceptors (Lipinski definition) is 8. The SMILES string of the molecule is COc1cnnc(-c2cnc(NC(C)=O)cc2Nc2cc(C)nc(C(C)(F)F)n2)c1. The summed E-state index contributed by atoms with van der Waals surface area (Å²) in [7, 11) is 1.49. The van der Waals surface area contributed by atoms with Gasteiger partial charge in [0, 0.05) is 49.5 Å². The van der Waals surface area contributed by atoms with Gasteiger partial charge in [0.1, 0.15) is 23.1 Å². The molecule has 0 saturated carbocycles. The van der Waals surface area contributed by atoms with E-state index in [0.717, 1.165) is 6.92 Å². The topological polar surface area (TPSA) is 115 Å². The predicted molar refractivity (Wildman–Crippen MR) is 106 cm³/mol. The Balaban J connectivity index is 2.09. The van der Waals surface area contributed by atoms with Crippen LogP contribution in [-0.2, 0) is 10.7 Å². The zero-order chi connectivity index (χ0) is 21.9. The van der Waals surface area contributed by atoms with E-state index in [4.69, 9.17) is 4.74 Å². The van der Waals surface area contributed by atoms with E-state index in [1.807, 2.05) is 0 Å². The molecule has 0 aliphatic rings. The molecule has 3 aromatic heterocycles. The van der Waals surface area contributed by atoms with Crippen molar-refractivity contribution in [3.63, 3.8) is 0 Å². The van der Waals surface area contributed by atoms with E-state index < -0.39 is 11.7 Å². The smallest absolute Gasteiger partial charge is 0.303 e. The predicted octanol–water partition coefficient (Wildman–Crippen LogP) is 3.46. The van der Waals surface area contributed by atoms with Crippen molar-refractivity contribution in [2.45, 2.75) is 26.7 Å². The molecule has 0 saturated heterocycles. The number of ether oxygens (including phenoxy) is 1. The summed E-state index contributed by atoms with van der Waals surface area (Å²) < 4.78 is 32.7. The summed E-state index contributed by atoms with van der Waals surface area (Å²) in [4.78, 5) is 23.3. The number of carbonyl (C=O) groups excluding carboxylic acids is 1. The fourth-order valence-electron chi connectivity index (χ4n) is 2.57. The largest absolute Gasteiger partial charge is 0.495 e. The first-order chi connectivity index (χ1) is 14.2. The van der Waals surface area contributed by atoms with E-state index in [9.17, 15) is 13.6 Å².